The maximum absolute atomic E-state index is 2.41. The van der Waals surface area contributed by atoms with Crippen LogP contribution in [0, 0.1) is 0 Å². The first-order chi connectivity index (χ1) is 6.74. The summed E-state index contributed by atoms with van der Waals surface area (Å²) in [5, 5.41) is 0. The Morgan fingerprint density at radius 3 is 2.50 bits per heavy atom. The van der Waals surface area contributed by atoms with Crippen molar-refractivity contribution in [3.63, 3.8) is 0 Å². The van der Waals surface area contributed by atoms with Gasteiger partial charge in [0.05, 0.1) is 0 Å². The molecule has 0 heterocycles. The lowest BCUT2D eigenvalue weighted by atomic mass is 10.2. The smallest absolute Gasteiger partial charge is 0.0227 e. The van der Waals surface area contributed by atoms with E-state index in [-0.39, 0.29) is 0 Å². The fraction of sp³-hybridized carbons (Fsp3) is 0.500. The molecule has 0 aromatic heterocycles. The Kier molecular flexibility index (Phi) is 9.40. The predicted molar refractivity (Wildman–Crippen MR) is 74.1 cm³/mol. The molecule has 0 rings (SSSR count). The Morgan fingerprint density at radius 1 is 1.29 bits per heavy atom. The van der Waals surface area contributed by atoms with Gasteiger partial charge in [-0.25, -0.2) is 0 Å². The zero-order valence-corrected chi connectivity index (χ0v) is 11.5. The zero-order chi connectivity index (χ0) is 10.8. The molecule has 0 aliphatic rings. The van der Waals surface area contributed by atoms with Crippen molar-refractivity contribution < 1.29 is 0 Å². The van der Waals surface area contributed by atoms with Gasteiger partial charge in [0.1, 0.15) is 0 Å². The minimum absolute atomic E-state index is 1.04. The highest BCUT2D eigenvalue weighted by atomic mass is 127. The highest BCUT2D eigenvalue weighted by molar-refractivity contribution is 14.1. The third-order valence-electron chi connectivity index (χ3n) is 1.90. The van der Waals surface area contributed by atoms with Crippen LogP contribution in [-0.4, -0.2) is 29.5 Å². The van der Waals surface area contributed by atoms with Crippen LogP contribution >= 0.6 is 22.6 Å². The van der Waals surface area contributed by atoms with Crippen molar-refractivity contribution in [1.82, 2.24) is 4.90 Å². The minimum atomic E-state index is 1.04. The lowest BCUT2D eigenvalue weighted by Crippen LogP contribution is -2.22. The Balaban J connectivity index is 4.04. The van der Waals surface area contributed by atoms with Crippen molar-refractivity contribution in [1.29, 1.82) is 0 Å². The van der Waals surface area contributed by atoms with Crippen molar-refractivity contribution in [3.05, 3.63) is 36.0 Å². The molecule has 0 atom stereocenters. The Bertz CT molecular complexity index is 216. The van der Waals surface area contributed by atoms with E-state index in [1.807, 2.05) is 13.0 Å². The molecule has 0 unspecified atom stereocenters. The highest BCUT2D eigenvalue weighted by Gasteiger charge is 1.97. The van der Waals surface area contributed by atoms with Crippen molar-refractivity contribution in [2.45, 2.75) is 13.8 Å². The third kappa shape index (κ3) is 7.33. The van der Waals surface area contributed by atoms with Crippen molar-refractivity contribution >= 4 is 22.6 Å². The molecule has 0 amide bonds. The molecule has 80 valence electrons. The molecule has 1 nitrogen and oxygen atoms in total. The van der Waals surface area contributed by atoms with E-state index in [4.69, 9.17) is 0 Å². The van der Waals surface area contributed by atoms with E-state index in [1.54, 1.807) is 0 Å². The molecule has 0 saturated carbocycles. The van der Waals surface area contributed by atoms with Gasteiger partial charge < -0.3 is 4.90 Å². The molecule has 0 fully saturated rings. The monoisotopic (exact) mass is 305 g/mol. The van der Waals surface area contributed by atoms with Crippen LogP contribution in [0.15, 0.2) is 36.0 Å². The average Bonchev–Trinajstić information content (AvgIpc) is 2.17. The van der Waals surface area contributed by atoms with Gasteiger partial charge in [-0.05, 0) is 26.5 Å². The summed E-state index contributed by atoms with van der Waals surface area (Å²) < 4.78 is 1.18. The third-order valence-corrected chi connectivity index (χ3v) is 2.39. The van der Waals surface area contributed by atoms with Crippen molar-refractivity contribution in [2.75, 3.05) is 24.6 Å². The first-order valence-corrected chi connectivity index (χ1v) is 6.46. The van der Waals surface area contributed by atoms with Crippen LogP contribution in [0.2, 0.25) is 0 Å². The molecule has 0 aliphatic carbocycles. The van der Waals surface area contributed by atoms with Crippen molar-refractivity contribution in [3.8, 4) is 0 Å². The molecule has 14 heavy (non-hydrogen) atoms. The van der Waals surface area contributed by atoms with Crippen LogP contribution in [0.3, 0.4) is 0 Å². The van der Waals surface area contributed by atoms with Gasteiger partial charge in [0.2, 0.25) is 0 Å². The van der Waals surface area contributed by atoms with Crippen LogP contribution in [0.1, 0.15) is 13.8 Å². The van der Waals surface area contributed by atoms with Gasteiger partial charge in [-0.1, -0.05) is 53.0 Å². The SMILES string of the molecule is C\C=C/C=C\C(=C\C)CN(C)CCI. The van der Waals surface area contributed by atoms with Gasteiger partial charge in [-0.15, -0.1) is 0 Å². The number of likely N-dealkylation sites (N-methyl/N-ethyl adjacent to an activating group) is 1. The first-order valence-electron chi connectivity index (χ1n) is 4.93. The molecule has 0 radical (unpaired) electrons. The Labute approximate surface area is 102 Å². The fourth-order valence-corrected chi connectivity index (χ4v) is 1.89. The summed E-state index contributed by atoms with van der Waals surface area (Å²) in [4.78, 5) is 2.34. The summed E-state index contributed by atoms with van der Waals surface area (Å²) in [5.74, 6) is 0. The van der Waals surface area contributed by atoms with E-state index in [1.165, 1.54) is 10.0 Å². The second-order valence-corrected chi connectivity index (χ2v) is 4.25. The molecule has 0 aromatic rings. The number of nitrogens with zero attached hydrogens (tertiary/aromatic N) is 1. The number of halogens is 1. The number of hydrogen-bond donors (Lipinski definition) is 0. The van der Waals surface area contributed by atoms with E-state index in [0.717, 1.165) is 13.1 Å². The van der Waals surface area contributed by atoms with Crippen LogP contribution in [-0.2, 0) is 0 Å². The van der Waals surface area contributed by atoms with E-state index < -0.39 is 0 Å². The maximum atomic E-state index is 2.41. The van der Waals surface area contributed by atoms with Gasteiger partial charge >= 0.3 is 0 Å². The lowest BCUT2D eigenvalue weighted by molar-refractivity contribution is 0.391. The summed E-state index contributed by atoms with van der Waals surface area (Å²) in [6.45, 7) is 6.30. The lowest BCUT2D eigenvalue weighted by Gasteiger charge is -2.15. The minimum Gasteiger partial charge on any atom is -0.301 e. The van der Waals surface area contributed by atoms with E-state index in [2.05, 4.69) is 65.8 Å². The summed E-state index contributed by atoms with van der Waals surface area (Å²) in [6.07, 6.45) is 10.5. The van der Waals surface area contributed by atoms with E-state index in [9.17, 15) is 0 Å². The molecule has 0 bridgehead atoms. The molecule has 0 aliphatic heterocycles. The van der Waals surface area contributed by atoms with Crippen LogP contribution < -0.4 is 0 Å². The topological polar surface area (TPSA) is 3.24 Å². The largest absolute Gasteiger partial charge is 0.301 e. The number of rotatable bonds is 6. The molecular weight excluding hydrogens is 285 g/mol. The average molecular weight is 305 g/mol. The normalized spacial score (nSPS) is 13.6. The zero-order valence-electron chi connectivity index (χ0n) is 9.33. The fourth-order valence-electron chi connectivity index (χ4n) is 1.07. The van der Waals surface area contributed by atoms with E-state index in [0.29, 0.717) is 0 Å². The number of alkyl halides is 1. The summed E-state index contributed by atoms with van der Waals surface area (Å²) in [6, 6.07) is 0. The van der Waals surface area contributed by atoms with Gasteiger partial charge in [0.25, 0.3) is 0 Å². The van der Waals surface area contributed by atoms with Crippen LogP contribution in [0.5, 0.6) is 0 Å². The molecular formula is C12H20IN. The number of allylic oxidation sites excluding steroid dienone is 4. The second kappa shape index (κ2) is 9.46. The molecule has 0 aromatic carbocycles. The van der Waals surface area contributed by atoms with Gasteiger partial charge in [-0.3, -0.25) is 0 Å². The molecule has 0 N–H and O–H groups in total. The van der Waals surface area contributed by atoms with Gasteiger partial charge in [-0.2, -0.15) is 0 Å². The summed E-state index contributed by atoms with van der Waals surface area (Å²) in [5.41, 5.74) is 1.37. The Morgan fingerprint density at radius 2 is 2.00 bits per heavy atom. The van der Waals surface area contributed by atoms with Gasteiger partial charge in [0, 0.05) is 17.5 Å². The summed E-state index contributed by atoms with van der Waals surface area (Å²) >= 11 is 2.41. The van der Waals surface area contributed by atoms with Gasteiger partial charge in [0.15, 0.2) is 0 Å². The van der Waals surface area contributed by atoms with Crippen LogP contribution in [0.4, 0.5) is 0 Å². The maximum Gasteiger partial charge on any atom is 0.0227 e. The van der Waals surface area contributed by atoms with E-state index >= 15 is 0 Å². The quantitative estimate of drug-likeness (QED) is 0.413. The molecule has 0 saturated heterocycles. The highest BCUT2D eigenvalue weighted by Crippen LogP contribution is 2.00. The number of hydrogen-bond acceptors (Lipinski definition) is 1. The first kappa shape index (κ1) is 13.9. The van der Waals surface area contributed by atoms with Crippen molar-refractivity contribution in [2.24, 2.45) is 0 Å². The second-order valence-electron chi connectivity index (χ2n) is 3.18. The predicted octanol–water partition coefficient (Wildman–Crippen LogP) is 3.43. The standard InChI is InChI=1S/C12H20IN/c1-4-6-7-8-12(5-2)11-14(3)10-9-13/h4-8H,9-11H2,1-3H3/b6-4-,8-7-,12-5-. The van der Waals surface area contributed by atoms with Crippen LogP contribution in [0.25, 0.3) is 0 Å². The summed E-state index contributed by atoms with van der Waals surface area (Å²) in [7, 11) is 2.16. The molecule has 0 spiro atoms. The Hall–Kier alpha value is -0.0900. The molecule has 2 heteroatoms.